The van der Waals surface area contributed by atoms with Crippen LogP contribution < -0.4 is 4.74 Å². The van der Waals surface area contributed by atoms with E-state index in [1.165, 1.54) is 63.4 Å². The predicted molar refractivity (Wildman–Crippen MR) is 142 cm³/mol. The highest BCUT2D eigenvalue weighted by atomic mass is 19.4. The highest BCUT2D eigenvalue weighted by Gasteiger charge is 2.56. The van der Waals surface area contributed by atoms with Crippen molar-refractivity contribution in [3.05, 3.63) is 29.8 Å². The zero-order chi connectivity index (χ0) is 27.0. The Hall–Kier alpha value is -1.33. The number of ether oxygens (including phenoxy) is 1. The summed E-state index contributed by atoms with van der Waals surface area (Å²) in [6.07, 6.45) is 13.0. The van der Waals surface area contributed by atoms with Gasteiger partial charge in [0, 0.05) is 6.42 Å². The maximum absolute atomic E-state index is 12.8. The van der Waals surface area contributed by atoms with Crippen molar-refractivity contribution in [2.45, 2.75) is 141 Å². The molecule has 1 nitrogen and oxygen atoms in total. The number of rotatable bonds is 19. The molecule has 0 unspecified atom stereocenters. The van der Waals surface area contributed by atoms with Crippen LogP contribution in [0.4, 0.5) is 22.0 Å². The van der Waals surface area contributed by atoms with Crippen LogP contribution in [0.3, 0.4) is 0 Å². The molecule has 0 N–H and O–H groups in total. The maximum Gasteiger partial charge on any atom is 0.453 e. The SMILES string of the molecule is CCCCCC1CCC(CCc2ccc(OCCCCCCCCCCC(F)(F)C(F)(F)F)cc2)CC1. The molecule has 0 spiro atoms. The lowest BCUT2D eigenvalue weighted by molar-refractivity contribution is -0.284. The maximum atomic E-state index is 12.8. The van der Waals surface area contributed by atoms with Crippen LogP contribution in [-0.4, -0.2) is 18.7 Å². The molecule has 1 aromatic rings. The highest BCUT2D eigenvalue weighted by Crippen LogP contribution is 2.39. The molecule has 1 aliphatic carbocycles. The van der Waals surface area contributed by atoms with Crippen LogP contribution in [0.25, 0.3) is 0 Å². The van der Waals surface area contributed by atoms with E-state index < -0.39 is 18.5 Å². The van der Waals surface area contributed by atoms with E-state index in [9.17, 15) is 22.0 Å². The van der Waals surface area contributed by atoms with E-state index in [0.717, 1.165) is 56.1 Å². The van der Waals surface area contributed by atoms with Crippen molar-refractivity contribution < 1.29 is 26.7 Å². The smallest absolute Gasteiger partial charge is 0.453 e. The summed E-state index contributed by atoms with van der Waals surface area (Å²) in [5, 5.41) is 0. The van der Waals surface area contributed by atoms with Gasteiger partial charge in [-0.05, 0) is 55.2 Å². The van der Waals surface area contributed by atoms with E-state index in [2.05, 4.69) is 31.2 Å². The molecule has 0 aliphatic heterocycles. The average Bonchev–Trinajstić information content (AvgIpc) is 2.87. The third kappa shape index (κ3) is 13.3. The van der Waals surface area contributed by atoms with E-state index in [0.29, 0.717) is 19.4 Å². The van der Waals surface area contributed by atoms with Crippen LogP contribution >= 0.6 is 0 Å². The van der Waals surface area contributed by atoms with Gasteiger partial charge in [0.1, 0.15) is 5.75 Å². The molecule has 0 amide bonds. The first-order chi connectivity index (χ1) is 17.7. The number of hydrogen-bond acceptors (Lipinski definition) is 1. The van der Waals surface area contributed by atoms with Crippen molar-refractivity contribution in [3.8, 4) is 5.75 Å². The van der Waals surface area contributed by atoms with Gasteiger partial charge in [0.15, 0.2) is 0 Å². The molecule has 0 bridgehead atoms. The van der Waals surface area contributed by atoms with Gasteiger partial charge in [-0.1, -0.05) is 109 Å². The lowest BCUT2D eigenvalue weighted by Gasteiger charge is -2.28. The Balaban J connectivity index is 1.44. The zero-order valence-electron chi connectivity index (χ0n) is 22.9. The van der Waals surface area contributed by atoms with Crippen molar-refractivity contribution in [1.29, 1.82) is 0 Å². The molecular formula is C31H49F5O. The van der Waals surface area contributed by atoms with E-state index in [-0.39, 0.29) is 6.42 Å². The summed E-state index contributed by atoms with van der Waals surface area (Å²) in [5.74, 6) is -1.79. The molecule has 0 radical (unpaired) electrons. The number of benzene rings is 1. The van der Waals surface area contributed by atoms with Gasteiger partial charge in [0.05, 0.1) is 6.61 Å². The topological polar surface area (TPSA) is 9.23 Å². The van der Waals surface area contributed by atoms with Crippen LogP contribution in [0.1, 0.15) is 128 Å². The normalized spacial score (nSPS) is 18.8. The Kier molecular flexibility index (Phi) is 14.9. The second-order valence-corrected chi connectivity index (χ2v) is 11.2. The van der Waals surface area contributed by atoms with Gasteiger partial charge < -0.3 is 4.74 Å². The monoisotopic (exact) mass is 532 g/mol. The third-order valence-corrected chi connectivity index (χ3v) is 8.02. The largest absolute Gasteiger partial charge is 0.494 e. The standard InChI is InChI=1S/C31H49F5O/c1-2-3-10-13-26-14-16-27(17-15-26)18-19-28-20-22-29(23-21-28)37-25-12-9-7-5-4-6-8-11-24-30(32,33)31(34,35)36/h20-23,26-27H,2-19,24-25H2,1H3. The molecule has 37 heavy (non-hydrogen) atoms. The third-order valence-electron chi connectivity index (χ3n) is 8.02. The molecule has 0 atom stereocenters. The summed E-state index contributed by atoms with van der Waals surface area (Å²) in [5.41, 5.74) is 1.39. The van der Waals surface area contributed by atoms with E-state index >= 15 is 0 Å². The van der Waals surface area contributed by atoms with Crippen molar-refractivity contribution in [1.82, 2.24) is 0 Å². The number of unbranched alkanes of at least 4 members (excludes halogenated alkanes) is 9. The molecule has 1 aliphatic rings. The Labute approximate surface area is 221 Å². The van der Waals surface area contributed by atoms with E-state index in [1.54, 1.807) is 0 Å². The van der Waals surface area contributed by atoms with E-state index in [4.69, 9.17) is 4.74 Å². The van der Waals surface area contributed by atoms with Gasteiger partial charge in [0.25, 0.3) is 0 Å². The van der Waals surface area contributed by atoms with Gasteiger partial charge in [0.2, 0.25) is 0 Å². The summed E-state index contributed by atoms with van der Waals surface area (Å²) >= 11 is 0. The highest BCUT2D eigenvalue weighted by molar-refractivity contribution is 5.27. The van der Waals surface area contributed by atoms with Crippen molar-refractivity contribution in [2.75, 3.05) is 6.61 Å². The average molecular weight is 533 g/mol. The Morgan fingerprint density at radius 2 is 1.22 bits per heavy atom. The fourth-order valence-corrected chi connectivity index (χ4v) is 5.46. The number of halogens is 5. The minimum atomic E-state index is -5.43. The minimum Gasteiger partial charge on any atom is -0.494 e. The van der Waals surface area contributed by atoms with Crippen LogP contribution in [0.15, 0.2) is 24.3 Å². The molecule has 6 heteroatoms. The predicted octanol–water partition coefficient (Wildman–Crippen LogP) is 11.1. The Morgan fingerprint density at radius 3 is 1.78 bits per heavy atom. The fraction of sp³-hybridized carbons (Fsp3) is 0.806. The molecule has 1 aromatic carbocycles. The van der Waals surface area contributed by atoms with Crippen LogP contribution in [0.2, 0.25) is 0 Å². The second kappa shape index (κ2) is 17.3. The number of aryl methyl sites for hydroxylation is 1. The summed E-state index contributed by atoms with van der Waals surface area (Å²) < 4.78 is 67.9. The lowest BCUT2D eigenvalue weighted by Crippen LogP contribution is -2.36. The first-order valence-electron chi connectivity index (χ1n) is 14.9. The van der Waals surface area contributed by atoms with Crippen LogP contribution in [-0.2, 0) is 6.42 Å². The summed E-state index contributed by atoms with van der Waals surface area (Å²) in [6, 6.07) is 8.52. The van der Waals surface area contributed by atoms with Gasteiger partial charge in [-0.3, -0.25) is 0 Å². The molecular weight excluding hydrogens is 483 g/mol. The molecule has 1 fully saturated rings. The molecule has 1 saturated carbocycles. The summed E-state index contributed by atoms with van der Waals surface area (Å²) in [7, 11) is 0. The van der Waals surface area contributed by atoms with Crippen molar-refractivity contribution in [3.63, 3.8) is 0 Å². The molecule has 0 aromatic heterocycles. The van der Waals surface area contributed by atoms with Crippen LogP contribution in [0, 0.1) is 11.8 Å². The molecule has 0 saturated heterocycles. The van der Waals surface area contributed by atoms with E-state index in [1.807, 2.05) is 0 Å². The summed E-state index contributed by atoms with van der Waals surface area (Å²) in [6.45, 7) is 2.95. The van der Waals surface area contributed by atoms with Gasteiger partial charge in [-0.2, -0.15) is 22.0 Å². The Morgan fingerprint density at radius 1 is 0.676 bits per heavy atom. The first kappa shape index (κ1) is 31.9. The Bertz CT molecular complexity index is 693. The quantitative estimate of drug-likeness (QED) is 0.127. The molecule has 214 valence electrons. The number of alkyl halides is 5. The lowest BCUT2D eigenvalue weighted by atomic mass is 9.78. The minimum absolute atomic E-state index is 0.0840. The van der Waals surface area contributed by atoms with Crippen molar-refractivity contribution >= 4 is 0 Å². The molecule has 0 heterocycles. The van der Waals surface area contributed by atoms with Gasteiger partial charge >= 0.3 is 12.1 Å². The number of hydrogen-bond donors (Lipinski definition) is 0. The van der Waals surface area contributed by atoms with Gasteiger partial charge in [-0.25, -0.2) is 0 Å². The fourth-order valence-electron chi connectivity index (χ4n) is 5.46. The second-order valence-electron chi connectivity index (χ2n) is 11.2. The molecule has 2 rings (SSSR count). The van der Waals surface area contributed by atoms with Crippen LogP contribution in [0.5, 0.6) is 5.75 Å². The van der Waals surface area contributed by atoms with Gasteiger partial charge in [-0.15, -0.1) is 0 Å². The summed E-state index contributed by atoms with van der Waals surface area (Å²) in [4.78, 5) is 0. The first-order valence-corrected chi connectivity index (χ1v) is 14.9. The van der Waals surface area contributed by atoms with Crippen molar-refractivity contribution in [2.24, 2.45) is 11.8 Å². The zero-order valence-corrected chi connectivity index (χ0v) is 22.9.